The second-order valence-corrected chi connectivity index (χ2v) is 19.6. The molecule has 5 heterocycles. The van der Waals surface area contributed by atoms with Crippen molar-refractivity contribution < 1.29 is 57.5 Å². The molecule has 19 nitrogen and oxygen atoms in total. The number of fused-ring (bicyclic) bond motifs is 1. The van der Waals surface area contributed by atoms with Gasteiger partial charge in [0, 0.05) is 61.0 Å². The quantitative estimate of drug-likeness (QED) is 0.128. The molecular formula is C52H71N7O12. The number of aromatic nitrogens is 3. The number of benzene rings is 1. The average Bonchev–Trinajstić information content (AvgIpc) is 3.67. The monoisotopic (exact) mass is 986 g/mol. The summed E-state index contributed by atoms with van der Waals surface area (Å²) in [4.78, 5) is 87.3. The number of aliphatic hydroxyl groups excluding tert-OH is 1. The highest BCUT2D eigenvalue weighted by molar-refractivity contribution is 5.88. The predicted molar refractivity (Wildman–Crippen MR) is 262 cm³/mol. The van der Waals surface area contributed by atoms with Crippen molar-refractivity contribution in [1.82, 2.24) is 30.5 Å². The van der Waals surface area contributed by atoms with Gasteiger partial charge in [0.05, 0.1) is 29.9 Å². The second-order valence-electron chi connectivity index (χ2n) is 19.6. The van der Waals surface area contributed by atoms with Crippen LogP contribution in [0.25, 0.3) is 17.5 Å². The van der Waals surface area contributed by atoms with E-state index >= 15 is 0 Å². The molecule has 0 unspecified atom stereocenters. The predicted octanol–water partition coefficient (Wildman–Crippen LogP) is 6.59. The normalized spacial score (nSPS) is 32.7. The number of aliphatic hydroxyl groups is 1. The Morgan fingerprint density at radius 1 is 0.972 bits per heavy atom. The molecule has 14 atom stereocenters. The molecule has 6 rings (SSSR count). The van der Waals surface area contributed by atoms with Gasteiger partial charge in [-0.1, -0.05) is 64.1 Å². The van der Waals surface area contributed by atoms with E-state index in [1.165, 1.54) is 11.1 Å². The first-order chi connectivity index (χ1) is 33.7. The summed E-state index contributed by atoms with van der Waals surface area (Å²) in [5.41, 5.74) is -1.18. The molecule has 3 fully saturated rings. The molecule has 0 saturated carbocycles. The number of nitrogens with one attached hydrogen (secondary N) is 2. The van der Waals surface area contributed by atoms with Gasteiger partial charge in [-0.3, -0.25) is 19.5 Å². The van der Waals surface area contributed by atoms with Gasteiger partial charge in [0.2, 0.25) is 0 Å². The van der Waals surface area contributed by atoms with Crippen molar-refractivity contribution in [2.75, 3.05) is 32.1 Å². The zero-order valence-electron chi connectivity index (χ0n) is 42.6. The first kappa shape index (κ1) is 54.3. The van der Waals surface area contributed by atoms with Crippen LogP contribution in [0.15, 0.2) is 73.3 Å². The summed E-state index contributed by atoms with van der Waals surface area (Å²) >= 11 is 0. The third-order valence-electron chi connectivity index (χ3n) is 14.1. The number of carbonyl (C=O) groups excluding carboxylic acids is 5. The van der Waals surface area contributed by atoms with Crippen LogP contribution in [0.5, 0.6) is 0 Å². The van der Waals surface area contributed by atoms with Gasteiger partial charge < -0.3 is 49.1 Å². The van der Waals surface area contributed by atoms with E-state index in [0.29, 0.717) is 17.9 Å². The third-order valence-corrected chi connectivity index (χ3v) is 14.1. The standard InChI is InChI=1S/C52H71N7O12/c1-12-39-52(9)43(57-49(64)71-52)32(5)40(60)30(3)28-51(8,70-48(63)56-24-14-17-35-19-21-36(22-20-35)45-54-25-16-26-55-45)44(69-47-41(61)38(58(10)11)27-31(4)66-47)33(6)42(34(7)46(62)67-39)68-50(65)59(13-2)37-18-15-23-53-29-37/h14-23,25-26,29-34,38-39,41-44,47,61H,12-13,24,27-28H2,1-11H3,(H,56,63)(H,57,64)/b17-14+/t30-,31-,32+,33+,34-,38+,39-,41-,42+,43-,44-,47+,51-,52-/m1/s1. The van der Waals surface area contributed by atoms with E-state index in [1.54, 1.807) is 98.3 Å². The van der Waals surface area contributed by atoms with Gasteiger partial charge in [0.1, 0.15) is 35.8 Å². The van der Waals surface area contributed by atoms with Crippen LogP contribution in [0.2, 0.25) is 0 Å². The highest BCUT2D eigenvalue weighted by Gasteiger charge is 2.58. The number of cyclic esters (lactones) is 1. The Balaban J connectivity index is 1.42. The van der Waals surface area contributed by atoms with E-state index in [9.17, 15) is 29.1 Å². The number of nitrogens with zero attached hydrogens (tertiary/aromatic N) is 5. The molecule has 3 aliphatic rings. The highest BCUT2D eigenvalue weighted by Crippen LogP contribution is 2.42. The summed E-state index contributed by atoms with van der Waals surface area (Å²) in [6.45, 7) is 15.4. The van der Waals surface area contributed by atoms with E-state index in [4.69, 9.17) is 28.4 Å². The van der Waals surface area contributed by atoms with Crippen molar-refractivity contribution in [3.8, 4) is 11.4 Å². The minimum atomic E-state index is -1.80. The number of carbonyl (C=O) groups is 5. The van der Waals surface area contributed by atoms with Crippen molar-refractivity contribution in [2.24, 2.45) is 23.7 Å². The molecule has 1 aromatic carbocycles. The van der Waals surface area contributed by atoms with Gasteiger partial charge in [-0.05, 0) is 91.7 Å². The van der Waals surface area contributed by atoms with Crippen LogP contribution in [-0.4, -0.2) is 142 Å². The number of ketones is 1. The second kappa shape index (κ2) is 23.5. The smallest absolute Gasteiger partial charge is 0.414 e. The molecule has 0 bridgehead atoms. The van der Waals surface area contributed by atoms with Gasteiger partial charge in [0.25, 0.3) is 0 Å². The SMILES string of the molecule is CC[C@H]1OC(=O)[C@H](C)[C@@H](OC(=O)N(CC)c2cccnc2)[C@H](C)[C@@H](O[C@@H]2O[C@H](C)C[C@H](N(C)C)[C@H]2O)[C@](C)(OC(=O)NC/C=C/c2ccc(-c3ncccn3)cc2)C[C@@H](C)C(=O)[C@H](C)[C@H]2NC(=O)O[C@@]21C. The molecule has 3 saturated heterocycles. The Morgan fingerprint density at radius 3 is 2.31 bits per heavy atom. The number of ether oxygens (including phenoxy) is 6. The summed E-state index contributed by atoms with van der Waals surface area (Å²) < 4.78 is 38.3. The minimum Gasteiger partial charge on any atom is -0.458 e. The molecule has 386 valence electrons. The van der Waals surface area contributed by atoms with Crippen LogP contribution in [0.3, 0.4) is 0 Å². The van der Waals surface area contributed by atoms with Crippen molar-refractivity contribution in [3.05, 3.63) is 78.9 Å². The van der Waals surface area contributed by atoms with Crippen molar-refractivity contribution in [3.63, 3.8) is 0 Å². The number of esters is 1. The molecule has 71 heavy (non-hydrogen) atoms. The summed E-state index contributed by atoms with van der Waals surface area (Å²) in [6.07, 6.45) is 1.25. The topological polar surface area (TPSA) is 230 Å². The molecule has 3 amide bonds. The number of rotatable bonds is 12. The number of amides is 3. The van der Waals surface area contributed by atoms with Gasteiger partial charge in [0.15, 0.2) is 17.7 Å². The summed E-state index contributed by atoms with van der Waals surface area (Å²) in [7, 11) is 3.67. The average molecular weight is 986 g/mol. The Bertz CT molecular complexity index is 2330. The number of hydrogen-bond donors (Lipinski definition) is 3. The fraction of sp³-hybridized carbons (Fsp3) is 0.577. The van der Waals surface area contributed by atoms with Crippen LogP contribution < -0.4 is 15.5 Å². The number of pyridine rings is 1. The van der Waals surface area contributed by atoms with Crippen molar-refractivity contribution >= 4 is 41.8 Å². The molecule has 0 radical (unpaired) electrons. The lowest BCUT2D eigenvalue weighted by atomic mass is 9.73. The van der Waals surface area contributed by atoms with Crippen LogP contribution in [0, 0.1) is 23.7 Å². The van der Waals surface area contributed by atoms with Gasteiger partial charge in [-0.2, -0.15) is 0 Å². The third kappa shape index (κ3) is 12.5. The maximum absolute atomic E-state index is 14.8. The fourth-order valence-electron chi connectivity index (χ4n) is 10.3. The molecule has 3 aromatic rings. The minimum absolute atomic E-state index is 0.0282. The van der Waals surface area contributed by atoms with E-state index in [-0.39, 0.29) is 31.7 Å². The van der Waals surface area contributed by atoms with E-state index in [1.807, 2.05) is 56.3 Å². The zero-order chi connectivity index (χ0) is 51.8. The van der Waals surface area contributed by atoms with E-state index in [0.717, 1.165) is 11.1 Å². The maximum atomic E-state index is 14.8. The number of anilines is 1. The lowest BCUT2D eigenvalue weighted by molar-refractivity contribution is -0.298. The maximum Gasteiger partial charge on any atom is 0.414 e. The molecule has 3 aliphatic heterocycles. The number of alkyl carbamates (subject to hydrolysis) is 2. The van der Waals surface area contributed by atoms with E-state index < -0.39 is 108 Å². The summed E-state index contributed by atoms with van der Waals surface area (Å²) in [5.74, 6) is -4.62. The first-order valence-electron chi connectivity index (χ1n) is 24.5. The molecule has 0 aliphatic carbocycles. The lowest BCUT2D eigenvalue weighted by Crippen LogP contribution is -2.61. The van der Waals surface area contributed by atoms with Crippen LogP contribution in [-0.2, 0) is 38.0 Å². The molecule has 2 aromatic heterocycles. The van der Waals surface area contributed by atoms with Gasteiger partial charge in [-0.15, -0.1) is 0 Å². The summed E-state index contributed by atoms with van der Waals surface area (Å²) in [6, 6.07) is 11.3. The molecule has 0 spiro atoms. The molecule has 3 N–H and O–H groups in total. The number of Topliss-reactive ketones (excluding diaryl/α,β-unsaturated/α-hetero) is 1. The van der Waals surface area contributed by atoms with Crippen LogP contribution in [0.4, 0.5) is 20.1 Å². The Hall–Kier alpha value is -6.02. The molecule has 19 heteroatoms. The van der Waals surface area contributed by atoms with Crippen LogP contribution in [0.1, 0.15) is 87.1 Å². The fourth-order valence-corrected chi connectivity index (χ4v) is 10.3. The van der Waals surface area contributed by atoms with Crippen molar-refractivity contribution in [1.29, 1.82) is 0 Å². The number of hydrogen-bond acceptors (Lipinski definition) is 16. The Kier molecular flexibility index (Phi) is 18.0. The Labute approximate surface area is 416 Å². The summed E-state index contributed by atoms with van der Waals surface area (Å²) in [5, 5.41) is 17.5. The van der Waals surface area contributed by atoms with Gasteiger partial charge >= 0.3 is 24.2 Å². The zero-order valence-corrected chi connectivity index (χ0v) is 42.6. The number of likely N-dealkylation sites (N-methyl/N-ethyl adjacent to an activating group) is 1. The van der Waals surface area contributed by atoms with Crippen molar-refractivity contribution in [2.45, 2.75) is 142 Å². The lowest BCUT2D eigenvalue weighted by Gasteiger charge is -2.48. The van der Waals surface area contributed by atoms with E-state index in [2.05, 4.69) is 25.6 Å². The Morgan fingerprint density at radius 2 is 1.68 bits per heavy atom. The van der Waals surface area contributed by atoms with Crippen LogP contribution >= 0.6 is 0 Å². The largest absolute Gasteiger partial charge is 0.458 e. The molecular weight excluding hydrogens is 915 g/mol. The first-order valence-corrected chi connectivity index (χ1v) is 24.5. The highest BCUT2D eigenvalue weighted by atomic mass is 16.7. The van der Waals surface area contributed by atoms with Gasteiger partial charge in [-0.25, -0.2) is 24.4 Å².